The van der Waals surface area contributed by atoms with Crippen LogP contribution in [-0.4, -0.2) is 48.3 Å². The molecule has 0 radical (unpaired) electrons. The highest BCUT2D eigenvalue weighted by Gasteiger charge is 2.44. The molecule has 3 aliphatic rings. The smallest absolute Gasteiger partial charge is 0.0590 e. The lowest BCUT2D eigenvalue weighted by molar-refractivity contribution is -0.0575. The minimum atomic E-state index is 0.357. The summed E-state index contributed by atoms with van der Waals surface area (Å²) in [4.78, 5) is 2.63. The van der Waals surface area contributed by atoms with E-state index in [1.807, 2.05) is 0 Å². The van der Waals surface area contributed by atoms with Crippen LogP contribution in [0.3, 0.4) is 0 Å². The number of rotatable bonds is 1. The Bertz CT molecular complexity index is 222. The highest BCUT2D eigenvalue weighted by atomic mass is 16.3. The molecule has 3 aliphatic heterocycles. The fourth-order valence-electron chi connectivity index (χ4n) is 4.02. The van der Waals surface area contributed by atoms with E-state index in [0.29, 0.717) is 18.6 Å². The van der Waals surface area contributed by atoms with Gasteiger partial charge in [-0.1, -0.05) is 6.42 Å². The molecule has 0 aromatic rings. The van der Waals surface area contributed by atoms with Crippen molar-refractivity contribution in [3.63, 3.8) is 0 Å². The summed E-state index contributed by atoms with van der Waals surface area (Å²) in [5, 5.41) is 13.1. The number of nitrogens with zero attached hydrogens (tertiary/aromatic N) is 1. The van der Waals surface area contributed by atoms with Crippen LogP contribution in [0.25, 0.3) is 0 Å². The molecule has 0 aromatic heterocycles. The number of piperidine rings is 3. The van der Waals surface area contributed by atoms with Gasteiger partial charge in [-0.3, -0.25) is 4.90 Å². The molecule has 0 amide bonds. The molecule has 0 saturated carbocycles. The Balaban J connectivity index is 1.83. The molecule has 2 N–H and O–H groups in total. The van der Waals surface area contributed by atoms with Crippen LogP contribution in [0.1, 0.15) is 25.7 Å². The summed E-state index contributed by atoms with van der Waals surface area (Å²) in [5.74, 6) is 1.55. The maximum atomic E-state index is 9.57. The van der Waals surface area contributed by atoms with E-state index in [4.69, 9.17) is 0 Å². The number of aliphatic hydroxyl groups excluding tert-OH is 1. The fraction of sp³-hybridized carbons (Fsp3) is 1.00. The molecule has 0 spiro atoms. The zero-order valence-electron chi connectivity index (χ0n) is 9.36. The van der Waals surface area contributed by atoms with Gasteiger partial charge in [0.25, 0.3) is 0 Å². The third-order valence-electron chi connectivity index (χ3n) is 4.71. The first kappa shape index (κ1) is 10.1. The van der Waals surface area contributed by atoms with E-state index in [1.54, 1.807) is 0 Å². The summed E-state index contributed by atoms with van der Waals surface area (Å²) in [5.41, 5.74) is 0. The lowest BCUT2D eigenvalue weighted by Gasteiger charge is -2.54. The van der Waals surface area contributed by atoms with Gasteiger partial charge in [0.15, 0.2) is 0 Å². The molecule has 0 unspecified atom stereocenters. The largest absolute Gasteiger partial charge is 0.395 e. The Morgan fingerprint density at radius 3 is 2.93 bits per heavy atom. The molecule has 4 atom stereocenters. The van der Waals surface area contributed by atoms with Gasteiger partial charge in [-0.05, 0) is 50.7 Å². The maximum absolute atomic E-state index is 9.57. The number of hydrogen-bond donors (Lipinski definition) is 2. The van der Waals surface area contributed by atoms with Gasteiger partial charge in [0.1, 0.15) is 0 Å². The molecule has 3 heterocycles. The molecule has 86 valence electrons. The summed E-state index contributed by atoms with van der Waals surface area (Å²) >= 11 is 0. The van der Waals surface area contributed by atoms with Crippen molar-refractivity contribution >= 4 is 0 Å². The van der Waals surface area contributed by atoms with E-state index >= 15 is 0 Å². The van der Waals surface area contributed by atoms with Crippen LogP contribution in [0.15, 0.2) is 0 Å². The first-order valence-corrected chi connectivity index (χ1v) is 6.47. The van der Waals surface area contributed by atoms with E-state index in [-0.39, 0.29) is 0 Å². The topological polar surface area (TPSA) is 35.5 Å². The first-order chi connectivity index (χ1) is 7.40. The third kappa shape index (κ3) is 1.61. The number of hydrogen-bond acceptors (Lipinski definition) is 3. The molecule has 3 saturated heterocycles. The number of nitrogens with one attached hydrogen (secondary N) is 1. The van der Waals surface area contributed by atoms with Gasteiger partial charge in [-0.25, -0.2) is 0 Å². The highest BCUT2D eigenvalue weighted by molar-refractivity contribution is 4.99. The molecule has 15 heavy (non-hydrogen) atoms. The van der Waals surface area contributed by atoms with E-state index in [2.05, 4.69) is 10.2 Å². The summed E-state index contributed by atoms with van der Waals surface area (Å²) in [6.07, 6.45) is 5.43. The average molecular weight is 210 g/mol. The lowest BCUT2D eigenvalue weighted by Crippen LogP contribution is -2.63. The third-order valence-corrected chi connectivity index (χ3v) is 4.71. The Kier molecular flexibility index (Phi) is 2.71. The Labute approximate surface area is 91.8 Å². The van der Waals surface area contributed by atoms with Crippen LogP contribution in [0.5, 0.6) is 0 Å². The van der Waals surface area contributed by atoms with Crippen LogP contribution >= 0.6 is 0 Å². The molecular weight excluding hydrogens is 188 g/mol. The SMILES string of the molecule is OC[C@H]1[C@@H]2CNC[C@@H](C2)[C@@H]2CCCCN12. The van der Waals surface area contributed by atoms with E-state index in [0.717, 1.165) is 18.5 Å². The van der Waals surface area contributed by atoms with Crippen molar-refractivity contribution in [2.24, 2.45) is 11.8 Å². The number of fused-ring (bicyclic) bond motifs is 4. The van der Waals surface area contributed by atoms with Gasteiger partial charge >= 0.3 is 0 Å². The van der Waals surface area contributed by atoms with Crippen LogP contribution < -0.4 is 5.32 Å². The van der Waals surface area contributed by atoms with Gasteiger partial charge in [0, 0.05) is 12.1 Å². The standard InChI is InChI=1S/C12H22N2O/c15-8-12-10-5-9(6-13-7-10)11-3-1-2-4-14(11)12/h9-13,15H,1-8H2/t9-,10+,11+,12+/m1/s1. The molecule has 0 aliphatic carbocycles. The quantitative estimate of drug-likeness (QED) is 0.659. The van der Waals surface area contributed by atoms with Crippen molar-refractivity contribution in [2.75, 3.05) is 26.2 Å². The Hall–Kier alpha value is -0.120. The van der Waals surface area contributed by atoms with Gasteiger partial charge in [0.05, 0.1) is 6.61 Å². The second kappa shape index (κ2) is 4.04. The van der Waals surface area contributed by atoms with E-state index < -0.39 is 0 Å². The minimum absolute atomic E-state index is 0.357. The molecule has 0 aromatic carbocycles. The van der Waals surface area contributed by atoms with Crippen molar-refractivity contribution in [3.05, 3.63) is 0 Å². The summed E-state index contributed by atoms with van der Waals surface area (Å²) in [7, 11) is 0. The van der Waals surface area contributed by atoms with Crippen LogP contribution in [0, 0.1) is 11.8 Å². The second-order valence-corrected chi connectivity index (χ2v) is 5.46. The van der Waals surface area contributed by atoms with Crippen molar-refractivity contribution in [1.82, 2.24) is 10.2 Å². The molecule has 3 fully saturated rings. The molecule has 2 bridgehead atoms. The predicted molar refractivity (Wildman–Crippen MR) is 59.7 cm³/mol. The Morgan fingerprint density at radius 1 is 1.20 bits per heavy atom. The molecule has 3 nitrogen and oxygen atoms in total. The zero-order chi connectivity index (χ0) is 10.3. The summed E-state index contributed by atoms with van der Waals surface area (Å²) < 4.78 is 0. The fourth-order valence-corrected chi connectivity index (χ4v) is 4.02. The second-order valence-electron chi connectivity index (χ2n) is 5.46. The van der Waals surface area contributed by atoms with Crippen LogP contribution in [0.4, 0.5) is 0 Å². The van der Waals surface area contributed by atoms with Gasteiger partial charge in [-0.15, -0.1) is 0 Å². The predicted octanol–water partition coefficient (Wildman–Crippen LogP) is 0.441. The van der Waals surface area contributed by atoms with Crippen LogP contribution in [-0.2, 0) is 0 Å². The summed E-state index contributed by atoms with van der Waals surface area (Å²) in [6.45, 7) is 3.90. The maximum Gasteiger partial charge on any atom is 0.0590 e. The lowest BCUT2D eigenvalue weighted by atomic mass is 9.73. The summed E-state index contributed by atoms with van der Waals surface area (Å²) in [6, 6.07) is 1.21. The van der Waals surface area contributed by atoms with Crippen molar-refractivity contribution in [1.29, 1.82) is 0 Å². The zero-order valence-corrected chi connectivity index (χ0v) is 9.36. The van der Waals surface area contributed by atoms with Crippen molar-refractivity contribution in [3.8, 4) is 0 Å². The molecule has 3 rings (SSSR count). The monoisotopic (exact) mass is 210 g/mol. The molecule has 3 heteroatoms. The minimum Gasteiger partial charge on any atom is -0.395 e. The van der Waals surface area contributed by atoms with Gasteiger partial charge < -0.3 is 10.4 Å². The average Bonchev–Trinajstić information content (AvgIpc) is 2.30. The first-order valence-electron chi connectivity index (χ1n) is 6.47. The molecular formula is C12H22N2O. The highest BCUT2D eigenvalue weighted by Crippen LogP contribution is 2.38. The van der Waals surface area contributed by atoms with E-state index in [1.165, 1.54) is 38.8 Å². The van der Waals surface area contributed by atoms with Gasteiger partial charge in [-0.2, -0.15) is 0 Å². The Morgan fingerprint density at radius 2 is 2.07 bits per heavy atom. The normalized spacial score (nSPS) is 46.2. The van der Waals surface area contributed by atoms with Crippen molar-refractivity contribution in [2.45, 2.75) is 37.8 Å². The van der Waals surface area contributed by atoms with Crippen molar-refractivity contribution < 1.29 is 5.11 Å². The number of aliphatic hydroxyl groups is 1. The van der Waals surface area contributed by atoms with Crippen LogP contribution in [0.2, 0.25) is 0 Å². The van der Waals surface area contributed by atoms with Gasteiger partial charge in [0.2, 0.25) is 0 Å². The van der Waals surface area contributed by atoms with E-state index in [9.17, 15) is 5.11 Å².